The molecule has 21 heavy (non-hydrogen) atoms. The summed E-state index contributed by atoms with van der Waals surface area (Å²) in [6, 6.07) is 21.3. The lowest BCUT2D eigenvalue weighted by atomic mass is 9.80. The Morgan fingerprint density at radius 2 is 1.29 bits per heavy atom. The molecule has 1 heteroatoms. The van der Waals surface area contributed by atoms with Gasteiger partial charge in [-0.2, -0.15) is 0 Å². The Morgan fingerprint density at radius 1 is 0.714 bits per heavy atom. The zero-order valence-electron chi connectivity index (χ0n) is 12.6. The molecule has 110 valence electrons. The van der Waals surface area contributed by atoms with Gasteiger partial charge in [-0.15, -0.1) is 0 Å². The fraction of sp³-hybridized carbons (Fsp3) is 0.400. The van der Waals surface area contributed by atoms with Crippen LogP contribution >= 0.6 is 0 Å². The van der Waals surface area contributed by atoms with E-state index in [-0.39, 0.29) is 5.60 Å². The van der Waals surface area contributed by atoms with Crippen LogP contribution < -0.4 is 0 Å². The molecule has 0 saturated heterocycles. The molecule has 0 spiro atoms. The van der Waals surface area contributed by atoms with Gasteiger partial charge in [-0.1, -0.05) is 79.9 Å². The maximum Gasteiger partial charge on any atom is 0.0727 e. The normalized spacial score (nSPS) is 17.5. The van der Waals surface area contributed by atoms with Gasteiger partial charge in [0.15, 0.2) is 0 Å². The molecule has 1 nitrogen and oxygen atoms in total. The monoisotopic (exact) mass is 280 g/mol. The Morgan fingerprint density at radius 3 is 1.90 bits per heavy atom. The van der Waals surface area contributed by atoms with Gasteiger partial charge in [0.2, 0.25) is 0 Å². The van der Waals surface area contributed by atoms with Gasteiger partial charge in [-0.25, -0.2) is 0 Å². The number of benzene rings is 2. The van der Waals surface area contributed by atoms with Gasteiger partial charge in [-0.05, 0) is 24.0 Å². The van der Waals surface area contributed by atoms with Gasteiger partial charge in [0.1, 0.15) is 0 Å². The Hall–Kier alpha value is -1.60. The summed E-state index contributed by atoms with van der Waals surface area (Å²) in [5, 5.41) is 0. The number of hydrogen-bond donors (Lipinski definition) is 0. The summed E-state index contributed by atoms with van der Waals surface area (Å²) < 4.78 is 6.46. The van der Waals surface area contributed by atoms with E-state index in [0.29, 0.717) is 0 Å². The number of rotatable bonds is 5. The number of ether oxygens (including phenoxy) is 1. The zero-order valence-corrected chi connectivity index (χ0v) is 12.6. The van der Waals surface area contributed by atoms with Crippen LogP contribution in [0.4, 0.5) is 0 Å². The summed E-state index contributed by atoms with van der Waals surface area (Å²) in [5.41, 5.74) is 2.71. The highest BCUT2D eigenvalue weighted by atomic mass is 16.5. The molecule has 0 bridgehead atoms. The molecule has 0 N–H and O–H groups in total. The first-order chi connectivity index (χ1) is 10.4. The van der Waals surface area contributed by atoms with E-state index in [2.05, 4.69) is 60.7 Å². The van der Waals surface area contributed by atoms with Crippen molar-refractivity contribution in [3.63, 3.8) is 0 Å². The molecule has 0 radical (unpaired) electrons. The van der Waals surface area contributed by atoms with Crippen molar-refractivity contribution < 1.29 is 4.74 Å². The van der Waals surface area contributed by atoms with E-state index in [9.17, 15) is 0 Å². The minimum Gasteiger partial charge on any atom is -0.370 e. The second kappa shape index (κ2) is 6.91. The topological polar surface area (TPSA) is 9.23 Å². The van der Waals surface area contributed by atoms with Crippen molar-refractivity contribution in [1.82, 2.24) is 0 Å². The Kier molecular flexibility index (Phi) is 4.72. The zero-order chi connectivity index (χ0) is 14.4. The van der Waals surface area contributed by atoms with Crippen molar-refractivity contribution in [3.05, 3.63) is 71.8 Å². The molecule has 3 rings (SSSR count). The van der Waals surface area contributed by atoms with Crippen LogP contribution in [0, 0.1) is 0 Å². The second-order valence-corrected chi connectivity index (χ2v) is 6.18. The van der Waals surface area contributed by atoms with Crippen molar-refractivity contribution in [3.8, 4) is 0 Å². The van der Waals surface area contributed by atoms with E-state index < -0.39 is 0 Å². The lowest BCUT2D eigenvalue weighted by Gasteiger charge is -2.37. The Labute approximate surface area is 128 Å². The Balaban J connectivity index is 1.70. The third-order valence-electron chi connectivity index (χ3n) is 4.52. The van der Waals surface area contributed by atoms with Crippen LogP contribution in [-0.2, 0) is 17.8 Å². The summed E-state index contributed by atoms with van der Waals surface area (Å²) in [4.78, 5) is 0. The van der Waals surface area contributed by atoms with Crippen LogP contribution in [-0.4, -0.2) is 5.60 Å². The average Bonchev–Trinajstić information content (AvgIpc) is 2.56. The Bertz CT molecular complexity index is 526. The highest BCUT2D eigenvalue weighted by Gasteiger charge is 2.33. The molecule has 1 saturated carbocycles. The maximum atomic E-state index is 6.46. The molecular formula is C20H24O. The fourth-order valence-electron chi connectivity index (χ4n) is 3.35. The maximum absolute atomic E-state index is 6.46. The first-order valence-electron chi connectivity index (χ1n) is 8.08. The highest BCUT2D eigenvalue weighted by Crippen LogP contribution is 2.35. The van der Waals surface area contributed by atoms with Crippen molar-refractivity contribution in [2.45, 2.75) is 50.7 Å². The standard InChI is InChI=1S/C20H24O/c1-4-10-18(11-5-1)16-20(14-8-3-9-15-20)21-17-19-12-6-2-7-13-19/h1-2,4-7,10-13H,3,8-9,14-17H2. The minimum atomic E-state index is 0.0371. The molecular weight excluding hydrogens is 256 g/mol. The van der Waals surface area contributed by atoms with Crippen LogP contribution in [0.5, 0.6) is 0 Å². The van der Waals surface area contributed by atoms with Gasteiger partial charge in [0, 0.05) is 6.42 Å². The van der Waals surface area contributed by atoms with Crippen LogP contribution in [0.15, 0.2) is 60.7 Å². The summed E-state index contributed by atoms with van der Waals surface area (Å²) in [7, 11) is 0. The van der Waals surface area contributed by atoms with Gasteiger partial charge in [0.05, 0.1) is 12.2 Å². The summed E-state index contributed by atoms with van der Waals surface area (Å²) >= 11 is 0. The molecule has 0 aliphatic heterocycles. The lowest BCUT2D eigenvalue weighted by Crippen LogP contribution is -2.37. The predicted octanol–water partition coefficient (Wildman–Crippen LogP) is 5.15. The van der Waals surface area contributed by atoms with Crippen LogP contribution in [0.1, 0.15) is 43.2 Å². The van der Waals surface area contributed by atoms with Crippen LogP contribution in [0.3, 0.4) is 0 Å². The third kappa shape index (κ3) is 3.95. The third-order valence-corrected chi connectivity index (χ3v) is 4.52. The molecule has 1 fully saturated rings. The minimum absolute atomic E-state index is 0.0371. The van der Waals surface area contributed by atoms with E-state index in [1.165, 1.54) is 43.2 Å². The summed E-state index contributed by atoms with van der Waals surface area (Å²) in [5.74, 6) is 0. The molecule has 2 aromatic rings. The lowest BCUT2D eigenvalue weighted by molar-refractivity contribution is -0.0799. The fourth-order valence-corrected chi connectivity index (χ4v) is 3.35. The molecule has 2 aromatic carbocycles. The van der Waals surface area contributed by atoms with Gasteiger partial charge in [-0.3, -0.25) is 0 Å². The van der Waals surface area contributed by atoms with E-state index in [0.717, 1.165) is 13.0 Å². The van der Waals surface area contributed by atoms with Gasteiger partial charge >= 0.3 is 0 Å². The summed E-state index contributed by atoms with van der Waals surface area (Å²) in [6.07, 6.45) is 7.36. The molecule has 0 aromatic heterocycles. The van der Waals surface area contributed by atoms with Crippen molar-refractivity contribution in [1.29, 1.82) is 0 Å². The molecule has 0 atom stereocenters. The molecule has 1 aliphatic carbocycles. The van der Waals surface area contributed by atoms with E-state index in [1.807, 2.05) is 0 Å². The molecule has 0 unspecified atom stereocenters. The van der Waals surface area contributed by atoms with E-state index in [4.69, 9.17) is 4.74 Å². The summed E-state index contributed by atoms with van der Waals surface area (Å²) in [6.45, 7) is 0.730. The molecule has 0 heterocycles. The van der Waals surface area contributed by atoms with Gasteiger partial charge < -0.3 is 4.74 Å². The second-order valence-electron chi connectivity index (χ2n) is 6.18. The molecule has 1 aliphatic rings. The van der Waals surface area contributed by atoms with Gasteiger partial charge in [0.25, 0.3) is 0 Å². The highest BCUT2D eigenvalue weighted by molar-refractivity contribution is 5.18. The average molecular weight is 280 g/mol. The quantitative estimate of drug-likeness (QED) is 0.736. The van der Waals surface area contributed by atoms with Crippen molar-refractivity contribution >= 4 is 0 Å². The molecule has 0 amide bonds. The van der Waals surface area contributed by atoms with Crippen molar-refractivity contribution in [2.24, 2.45) is 0 Å². The largest absolute Gasteiger partial charge is 0.370 e. The first kappa shape index (κ1) is 14.3. The number of hydrogen-bond acceptors (Lipinski definition) is 1. The van der Waals surface area contributed by atoms with Crippen LogP contribution in [0.2, 0.25) is 0 Å². The predicted molar refractivity (Wildman–Crippen MR) is 87.2 cm³/mol. The SMILES string of the molecule is c1ccc(COC2(Cc3ccccc3)CCCCC2)cc1. The van der Waals surface area contributed by atoms with E-state index >= 15 is 0 Å². The van der Waals surface area contributed by atoms with Crippen LogP contribution in [0.25, 0.3) is 0 Å². The first-order valence-corrected chi connectivity index (χ1v) is 8.08. The van der Waals surface area contributed by atoms with E-state index in [1.54, 1.807) is 0 Å². The van der Waals surface area contributed by atoms with Crippen molar-refractivity contribution in [2.75, 3.05) is 0 Å². The smallest absolute Gasteiger partial charge is 0.0727 e.